The molecule has 1 aliphatic rings. The van der Waals surface area contributed by atoms with E-state index in [-0.39, 0.29) is 18.9 Å². The van der Waals surface area contributed by atoms with Crippen molar-refractivity contribution < 1.29 is 19.4 Å². The van der Waals surface area contributed by atoms with Crippen molar-refractivity contribution in [3.8, 4) is 5.75 Å². The van der Waals surface area contributed by atoms with E-state index < -0.39 is 11.6 Å². The highest BCUT2D eigenvalue weighted by molar-refractivity contribution is 9.10. The van der Waals surface area contributed by atoms with Gasteiger partial charge in [0, 0.05) is 35.2 Å². The number of nitrogens with one attached hydrogen (secondary N) is 1. The minimum absolute atomic E-state index is 0.0800. The predicted octanol–water partition coefficient (Wildman–Crippen LogP) is 5.68. The van der Waals surface area contributed by atoms with E-state index in [1.807, 2.05) is 78.9 Å². The van der Waals surface area contributed by atoms with E-state index in [4.69, 9.17) is 19.6 Å². The third-order valence-electron chi connectivity index (χ3n) is 5.69. The molecule has 0 saturated carbocycles. The Morgan fingerprint density at radius 3 is 2.49 bits per heavy atom. The summed E-state index contributed by atoms with van der Waals surface area (Å²) in [6, 6.07) is 24.4. The largest absolute Gasteiger partial charge is 0.494 e. The van der Waals surface area contributed by atoms with Crippen LogP contribution in [0.5, 0.6) is 5.75 Å². The molecule has 0 aromatic heterocycles. The van der Waals surface area contributed by atoms with Gasteiger partial charge in [-0.3, -0.25) is 4.79 Å². The van der Waals surface area contributed by atoms with E-state index in [0.29, 0.717) is 30.4 Å². The fourth-order valence-corrected chi connectivity index (χ4v) is 4.20. The highest BCUT2D eigenvalue weighted by Crippen LogP contribution is 2.43. The Balaban J connectivity index is 1.70. The summed E-state index contributed by atoms with van der Waals surface area (Å²) in [5.74, 6) is 0.796. The lowest BCUT2D eigenvalue weighted by Gasteiger charge is -2.29. The van der Waals surface area contributed by atoms with Crippen molar-refractivity contribution in [1.29, 1.82) is 0 Å². The SMILES string of the molecule is C=CC[C@@]1(C(=O)Nc2ccccc2)N=C(c2ccc(OCCCO)cc2)O[C@@H]1c1ccc(Br)cc1. The van der Waals surface area contributed by atoms with Gasteiger partial charge in [-0.25, -0.2) is 4.99 Å². The van der Waals surface area contributed by atoms with Gasteiger partial charge in [-0.1, -0.05) is 52.3 Å². The lowest BCUT2D eigenvalue weighted by Crippen LogP contribution is -2.44. The van der Waals surface area contributed by atoms with Crippen molar-refractivity contribution in [3.05, 3.63) is 107 Å². The molecule has 1 heterocycles. The van der Waals surface area contributed by atoms with E-state index in [2.05, 4.69) is 27.8 Å². The van der Waals surface area contributed by atoms with Gasteiger partial charge < -0.3 is 19.9 Å². The first-order chi connectivity index (χ1) is 17.1. The summed E-state index contributed by atoms with van der Waals surface area (Å²) >= 11 is 3.47. The number of anilines is 1. The Morgan fingerprint density at radius 1 is 1.11 bits per heavy atom. The number of rotatable bonds is 10. The maximum Gasteiger partial charge on any atom is 0.257 e. The number of halogens is 1. The number of amides is 1. The lowest BCUT2D eigenvalue weighted by molar-refractivity contribution is -0.123. The number of aliphatic hydroxyl groups is 1. The number of para-hydroxylation sites is 1. The Morgan fingerprint density at radius 2 is 1.83 bits per heavy atom. The van der Waals surface area contributed by atoms with Crippen LogP contribution in [0.1, 0.15) is 30.1 Å². The van der Waals surface area contributed by atoms with Gasteiger partial charge in [-0.15, -0.1) is 6.58 Å². The molecule has 0 saturated heterocycles. The smallest absolute Gasteiger partial charge is 0.257 e. The number of aliphatic hydroxyl groups excluding tert-OH is 1. The molecule has 2 N–H and O–H groups in total. The van der Waals surface area contributed by atoms with E-state index in [9.17, 15) is 4.79 Å². The monoisotopic (exact) mass is 534 g/mol. The van der Waals surface area contributed by atoms with Crippen LogP contribution >= 0.6 is 15.9 Å². The molecule has 0 bridgehead atoms. The Kier molecular flexibility index (Phi) is 8.00. The zero-order chi connectivity index (χ0) is 24.7. The molecule has 3 aromatic carbocycles. The van der Waals surface area contributed by atoms with Crippen LogP contribution in [0, 0.1) is 0 Å². The van der Waals surface area contributed by atoms with Gasteiger partial charge in [-0.05, 0) is 54.1 Å². The van der Waals surface area contributed by atoms with E-state index >= 15 is 0 Å². The second-order valence-corrected chi connectivity index (χ2v) is 9.07. The van der Waals surface area contributed by atoms with Crippen LogP contribution in [0.4, 0.5) is 5.69 Å². The van der Waals surface area contributed by atoms with Crippen LogP contribution in [0.25, 0.3) is 0 Å². The first-order valence-corrected chi connectivity index (χ1v) is 12.2. The zero-order valence-corrected chi connectivity index (χ0v) is 20.8. The van der Waals surface area contributed by atoms with Crippen LogP contribution in [0.15, 0.2) is 101 Å². The number of benzene rings is 3. The predicted molar refractivity (Wildman–Crippen MR) is 141 cm³/mol. The normalized spacial score (nSPS) is 18.9. The van der Waals surface area contributed by atoms with Crippen molar-refractivity contribution in [2.24, 2.45) is 4.99 Å². The van der Waals surface area contributed by atoms with Crippen molar-refractivity contribution in [2.45, 2.75) is 24.5 Å². The summed E-state index contributed by atoms with van der Waals surface area (Å²) in [4.78, 5) is 18.6. The molecule has 3 aromatic rings. The van der Waals surface area contributed by atoms with Crippen LogP contribution in [0.3, 0.4) is 0 Å². The van der Waals surface area contributed by atoms with Crippen LogP contribution in [0.2, 0.25) is 0 Å². The molecule has 35 heavy (non-hydrogen) atoms. The van der Waals surface area contributed by atoms with Crippen LogP contribution < -0.4 is 10.1 Å². The Labute approximate surface area is 213 Å². The number of carbonyl (C=O) groups is 1. The van der Waals surface area contributed by atoms with Gasteiger partial charge in [-0.2, -0.15) is 0 Å². The van der Waals surface area contributed by atoms with Crippen LogP contribution in [-0.4, -0.2) is 35.7 Å². The zero-order valence-electron chi connectivity index (χ0n) is 19.2. The fraction of sp³-hybridized carbons (Fsp3) is 0.214. The quantitative estimate of drug-likeness (QED) is 0.259. The molecule has 0 fully saturated rings. The number of aliphatic imine (C=N–C) groups is 1. The molecule has 1 aliphatic heterocycles. The molecule has 2 atom stereocenters. The summed E-state index contributed by atoms with van der Waals surface area (Å²) in [6.07, 6.45) is 1.91. The first-order valence-electron chi connectivity index (χ1n) is 11.4. The van der Waals surface area contributed by atoms with Gasteiger partial charge in [0.25, 0.3) is 5.91 Å². The average Bonchev–Trinajstić information content (AvgIpc) is 3.26. The van der Waals surface area contributed by atoms with Gasteiger partial charge in [0.1, 0.15) is 5.75 Å². The van der Waals surface area contributed by atoms with Gasteiger partial charge in [0.15, 0.2) is 11.6 Å². The maximum absolute atomic E-state index is 13.8. The first kappa shape index (κ1) is 24.7. The third kappa shape index (κ3) is 5.63. The molecule has 4 rings (SSSR count). The van der Waals surface area contributed by atoms with E-state index in [1.54, 1.807) is 6.08 Å². The number of hydrogen-bond acceptors (Lipinski definition) is 5. The van der Waals surface area contributed by atoms with Crippen molar-refractivity contribution in [3.63, 3.8) is 0 Å². The van der Waals surface area contributed by atoms with Crippen molar-refractivity contribution in [1.82, 2.24) is 0 Å². The molecule has 0 aliphatic carbocycles. The third-order valence-corrected chi connectivity index (χ3v) is 6.22. The molecule has 0 unspecified atom stereocenters. The lowest BCUT2D eigenvalue weighted by atomic mass is 9.84. The van der Waals surface area contributed by atoms with Crippen LogP contribution in [-0.2, 0) is 9.53 Å². The topological polar surface area (TPSA) is 80.2 Å². The standard InChI is InChI=1S/C28H27BrN2O4/c1-2-17-28(27(33)30-23-7-4-3-5-8-23)25(20-9-13-22(29)14-10-20)35-26(31-28)21-11-15-24(16-12-21)34-19-6-18-32/h2-5,7-16,25,32H,1,6,17-19H2,(H,30,33)/t25-,28-/m1/s1. The number of carbonyl (C=O) groups excluding carboxylic acids is 1. The molecule has 7 heteroatoms. The van der Waals surface area contributed by atoms with E-state index in [0.717, 1.165) is 15.6 Å². The molecule has 180 valence electrons. The summed E-state index contributed by atoms with van der Waals surface area (Å²) in [7, 11) is 0. The highest BCUT2D eigenvalue weighted by atomic mass is 79.9. The summed E-state index contributed by atoms with van der Waals surface area (Å²) in [6.45, 7) is 4.41. The molecule has 0 radical (unpaired) electrons. The van der Waals surface area contributed by atoms with E-state index in [1.165, 1.54) is 0 Å². The fourth-order valence-electron chi connectivity index (χ4n) is 3.93. The maximum atomic E-state index is 13.8. The minimum atomic E-state index is -1.24. The van der Waals surface area contributed by atoms with Crippen molar-refractivity contribution >= 4 is 33.4 Å². The molecule has 0 spiro atoms. The molecular weight excluding hydrogens is 508 g/mol. The summed E-state index contributed by atoms with van der Waals surface area (Å²) in [5.41, 5.74) is 1.02. The number of nitrogens with zero attached hydrogens (tertiary/aromatic N) is 1. The molecular formula is C28H27BrN2O4. The Hall–Kier alpha value is -3.42. The number of ether oxygens (including phenoxy) is 2. The highest BCUT2D eigenvalue weighted by Gasteiger charge is 2.52. The average molecular weight is 535 g/mol. The molecule has 1 amide bonds. The summed E-state index contributed by atoms with van der Waals surface area (Å²) in [5, 5.41) is 11.9. The summed E-state index contributed by atoms with van der Waals surface area (Å²) < 4.78 is 12.9. The Bertz CT molecular complexity index is 1180. The van der Waals surface area contributed by atoms with Gasteiger partial charge in [0.2, 0.25) is 5.90 Å². The second kappa shape index (κ2) is 11.3. The van der Waals surface area contributed by atoms with Gasteiger partial charge >= 0.3 is 0 Å². The van der Waals surface area contributed by atoms with Gasteiger partial charge in [0.05, 0.1) is 6.61 Å². The second-order valence-electron chi connectivity index (χ2n) is 8.15. The number of hydrogen-bond donors (Lipinski definition) is 2. The van der Waals surface area contributed by atoms with Crippen molar-refractivity contribution in [2.75, 3.05) is 18.5 Å². The molecule has 6 nitrogen and oxygen atoms in total. The minimum Gasteiger partial charge on any atom is -0.494 e.